The zero-order valence-corrected chi connectivity index (χ0v) is 12.2. The van der Waals surface area contributed by atoms with Crippen LogP contribution in [0.1, 0.15) is 48.9 Å². The monoisotopic (exact) mass is 273 g/mol. The molecule has 0 amide bonds. The van der Waals surface area contributed by atoms with E-state index in [1.54, 1.807) is 0 Å². The number of nitrogens with one attached hydrogen (secondary N) is 1. The molecule has 20 heavy (non-hydrogen) atoms. The third-order valence-electron chi connectivity index (χ3n) is 4.01. The molecular formula is C17H23NO2. The Balaban J connectivity index is 1.86. The van der Waals surface area contributed by atoms with Gasteiger partial charge in [0.2, 0.25) is 0 Å². The number of rotatable bonds is 5. The van der Waals surface area contributed by atoms with Gasteiger partial charge in [0.1, 0.15) is 0 Å². The lowest BCUT2D eigenvalue weighted by Gasteiger charge is -2.25. The molecule has 3 heteroatoms. The first-order valence-electron chi connectivity index (χ1n) is 7.62. The van der Waals surface area contributed by atoms with Crippen molar-refractivity contribution in [2.24, 2.45) is 0 Å². The van der Waals surface area contributed by atoms with Crippen LogP contribution in [0, 0.1) is 0 Å². The van der Waals surface area contributed by atoms with Crippen molar-refractivity contribution in [3.63, 3.8) is 0 Å². The van der Waals surface area contributed by atoms with E-state index in [1.807, 2.05) is 6.26 Å². The van der Waals surface area contributed by atoms with Gasteiger partial charge in [-0.15, -0.1) is 0 Å². The maximum atomic E-state index is 5.53. The molecule has 2 heterocycles. The summed E-state index contributed by atoms with van der Waals surface area (Å²) in [6.45, 7) is 5.58. The van der Waals surface area contributed by atoms with Crippen molar-refractivity contribution in [3.05, 3.63) is 46.7 Å². The molecule has 0 fully saturated rings. The first-order chi connectivity index (χ1) is 9.88. The van der Waals surface area contributed by atoms with E-state index in [4.69, 9.17) is 9.47 Å². The Kier molecular flexibility index (Phi) is 4.38. The van der Waals surface area contributed by atoms with Crippen molar-refractivity contribution >= 4 is 0 Å². The topological polar surface area (TPSA) is 30.5 Å². The van der Waals surface area contributed by atoms with Crippen molar-refractivity contribution in [2.45, 2.75) is 45.4 Å². The van der Waals surface area contributed by atoms with Crippen LogP contribution in [-0.4, -0.2) is 13.2 Å². The zero-order valence-electron chi connectivity index (χ0n) is 12.2. The van der Waals surface area contributed by atoms with E-state index in [2.05, 4.69) is 30.4 Å². The minimum absolute atomic E-state index is 0.279. The largest absolute Gasteiger partial charge is 0.501 e. The first-order valence-corrected chi connectivity index (χ1v) is 7.62. The van der Waals surface area contributed by atoms with Gasteiger partial charge in [-0.2, -0.15) is 0 Å². The Morgan fingerprint density at radius 2 is 2.15 bits per heavy atom. The van der Waals surface area contributed by atoms with E-state index in [9.17, 15) is 0 Å². The highest BCUT2D eigenvalue weighted by Crippen LogP contribution is 2.30. The van der Waals surface area contributed by atoms with Gasteiger partial charge in [0, 0.05) is 0 Å². The smallest absolute Gasteiger partial charge is 0.0876 e. The Morgan fingerprint density at radius 3 is 2.95 bits per heavy atom. The summed E-state index contributed by atoms with van der Waals surface area (Å²) in [6, 6.07) is 7.02. The van der Waals surface area contributed by atoms with Crippen LogP contribution < -0.4 is 5.32 Å². The van der Waals surface area contributed by atoms with E-state index >= 15 is 0 Å². The lowest BCUT2D eigenvalue weighted by atomic mass is 9.93. The molecule has 1 N–H and O–H groups in total. The molecule has 0 aromatic heterocycles. The molecule has 1 unspecified atom stereocenters. The van der Waals surface area contributed by atoms with Gasteiger partial charge in [-0.05, 0) is 48.1 Å². The Morgan fingerprint density at radius 1 is 1.25 bits per heavy atom. The van der Waals surface area contributed by atoms with E-state index in [0.717, 1.165) is 45.6 Å². The van der Waals surface area contributed by atoms with Gasteiger partial charge < -0.3 is 14.8 Å². The average Bonchev–Trinajstić information content (AvgIpc) is 2.96. The fourth-order valence-electron chi connectivity index (χ4n) is 2.92. The minimum Gasteiger partial charge on any atom is -0.501 e. The van der Waals surface area contributed by atoms with Crippen LogP contribution in [-0.2, 0) is 22.7 Å². The summed E-state index contributed by atoms with van der Waals surface area (Å²) in [4.78, 5) is 0. The maximum absolute atomic E-state index is 5.53. The van der Waals surface area contributed by atoms with Gasteiger partial charge in [-0.1, -0.05) is 25.1 Å². The van der Waals surface area contributed by atoms with Crippen molar-refractivity contribution in [1.29, 1.82) is 0 Å². The van der Waals surface area contributed by atoms with Crippen LogP contribution in [0.25, 0.3) is 0 Å². The van der Waals surface area contributed by atoms with E-state index < -0.39 is 0 Å². The molecule has 0 saturated carbocycles. The summed E-state index contributed by atoms with van der Waals surface area (Å²) in [7, 11) is 0. The third kappa shape index (κ3) is 2.89. The second-order valence-electron chi connectivity index (χ2n) is 5.58. The van der Waals surface area contributed by atoms with Crippen LogP contribution in [0.3, 0.4) is 0 Å². The highest BCUT2D eigenvalue weighted by atomic mass is 16.5. The van der Waals surface area contributed by atoms with Gasteiger partial charge in [0.15, 0.2) is 0 Å². The number of ether oxygens (including phenoxy) is 2. The molecule has 0 bridgehead atoms. The molecular weight excluding hydrogens is 250 g/mol. The van der Waals surface area contributed by atoms with E-state index in [0.29, 0.717) is 0 Å². The fraction of sp³-hybridized carbons (Fsp3) is 0.529. The molecule has 2 aliphatic rings. The predicted molar refractivity (Wildman–Crippen MR) is 79.2 cm³/mol. The van der Waals surface area contributed by atoms with Gasteiger partial charge in [-0.3, -0.25) is 0 Å². The Labute approximate surface area is 121 Å². The molecule has 3 rings (SSSR count). The molecule has 108 valence electrons. The van der Waals surface area contributed by atoms with Crippen LogP contribution in [0.4, 0.5) is 0 Å². The lowest BCUT2D eigenvalue weighted by molar-refractivity contribution is 0.134. The molecule has 0 spiro atoms. The van der Waals surface area contributed by atoms with Crippen molar-refractivity contribution in [3.8, 4) is 0 Å². The number of hydrogen-bond acceptors (Lipinski definition) is 3. The highest BCUT2D eigenvalue weighted by Gasteiger charge is 2.20. The normalized spacial score (nSPS) is 19.1. The predicted octanol–water partition coefficient (Wildman–Crippen LogP) is 3.45. The summed E-state index contributed by atoms with van der Waals surface area (Å²) in [5, 5.41) is 3.66. The molecule has 2 aliphatic heterocycles. The van der Waals surface area contributed by atoms with Gasteiger partial charge in [-0.25, -0.2) is 0 Å². The van der Waals surface area contributed by atoms with Crippen molar-refractivity contribution in [2.75, 3.05) is 13.2 Å². The van der Waals surface area contributed by atoms with Crippen LogP contribution in [0.5, 0.6) is 0 Å². The molecule has 0 saturated heterocycles. The standard InChI is InChI=1S/C17H23NO2/c1-2-7-18-17(15-4-3-8-19-11-15)13-5-6-14-10-20-12-16(14)9-13/h5-6,9,11,17-18H,2-4,7-8,10,12H2,1H3. The molecule has 0 radical (unpaired) electrons. The summed E-state index contributed by atoms with van der Waals surface area (Å²) >= 11 is 0. The SMILES string of the molecule is CCCNC(C1=COCCC1)c1ccc2c(c1)COC2. The first kappa shape index (κ1) is 13.7. The van der Waals surface area contributed by atoms with Crippen LogP contribution in [0.15, 0.2) is 30.0 Å². The van der Waals surface area contributed by atoms with Gasteiger partial charge in [0.05, 0.1) is 32.1 Å². The molecule has 1 atom stereocenters. The van der Waals surface area contributed by atoms with Crippen LogP contribution in [0.2, 0.25) is 0 Å². The van der Waals surface area contributed by atoms with Gasteiger partial charge >= 0.3 is 0 Å². The van der Waals surface area contributed by atoms with Gasteiger partial charge in [0.25, 0.3) is 0 Å². The molecule has 1 aromatic rings. The summed E-state index contributed by atoms with van der Waals surface area (Å²) in [5.74, 6) is 0. The molecule has 1 aromatic carbocycles. The zero-order chi connectivity index (χ0) is 13.8. The number of benzene rings is 1. The summed E-state index contributed by atoms with van der Waals surface area (Å²) < 4.78 is 11.0. The van der Waals surface area contributed by atoms with E-state index in [-0.39, 0.29) is 6.04 Å². The van der Waals surface area contributed by atoms with Crippen molar-refractivity contribution < 1.29 is 9.47 Å². The highest BCUT2D eigenvalue weighted by molar-refractivity contribution is 5.37. The lowest BCUT2D eigenvalue weighted by Crippen LogP contribution is -2.25. The quantitative estimate of drug-likeness (QED) is 0.891. The molecule has 0 aliphatic carbocycles. The average molecular weight is 273 g/mol. The second-order valence-corrected chi connectivity index (χ2v) is 5.58. The Bertz CT molecular complexity index is 496. The summed E-state index contributed by atoms with van der Waals surface area (Å²) in [5.41, 5.74) is 5.36. The number of fused-ring (bicyclic) bond motifs is 1. The van der Waals surface area contributed by atoms with E-state index in [1.165, 1.54) is 22.3 Å². The molecule has 3 nitrogen and oxygen atoms in total. The van der Waals surface area contributed by atoms with Crippen molar-refractivity contribution in [1.82, 2.24) is 5.32 Å². The third-order valence-corrected chi connectivity index (χ3v) is 4.01. The van der Waals surface area contributed by atoms with Crippen LogP contribution >= 0.6 is 0 Å². The minimum atomic E-state index is 0.279. The Hall–Kier alpha value is -1.32. The fourth-order valence-corrected chi connectivity index (χ4v) is 2.92. The summed E-state index contributed by atoms with van der Waals surface area (Å²) in [6.07, 6.45) is 5.33. The second kappa shape index (κ2) is 6.42. The maximum Gasteiger partial charge on any atom is 0.0876 e. The number of hydrogen-bond donors (Lipinski definition) is 1.